The van der Waals surface area contributed by atoms with E-state index in [4.69, 9.17) is 9.84 Å². The molecule has 4 fully saturated rings. The van der Waals surface area contributed by atoms with Crippen LogP contribution in [0.15, 0.2) is 0 Å². The maximum atomic E-state index is 10.6. The largest absolute Gasteiger partial charge is 0.506 e. The van der Waals surface area contributed by atoms with E-state index < -0.39 is 6.16 Å². The number of hydrogen-bond acceptors (Lipinski definition) is 3. The number of carboxylic acid groups (broad SMARTS) is 1. The van der Waals surface area contributed by atoms with Crippen molar-refractivity contribution in [1.29, 1.82) is 0 Å². The Kier molecular flexibility index (Phi) is 2.35. The molecule has 2 N–H and O–H groups in total. The number of fused-ring (bicyclic) bond motifs is 2. The van der Waals surface area contributed by atoms with Gasteiger partial charge in [-0.3, -0.25) is 0 Å². The van der Waals surface area contributed by atoms with E-state index in [1.54, 1.807) is 0 Å². The first-order chi connectivity index (χ1) is 7.70. The lowest BCUT2D eigenvalue weighted by molar-refractivity contribution is -0.0875. The SMILES string of the molecule is O=C(O)OC1CC2CCC1CC21CCNC1. The van der Waals surface area contributed by atoms with Gasteiger partial charge in [0.15, 0.2) is 0 Å². The Hall–Kier alpha value is -0.770. The second-order valence-corrected chi connectivity index (χ2v) is 5.69. The van der Waals surface area contributed by atoms with Gasteiger partial charge in [0, 0.05) is 6.54 Å². The predicted octanol–water partition coefficient (Wildman–Crippen LogP) is 1.85. The van der Waals surface area contributed by atoms with Crippen molar-refractivity contribution >= 4 is 6.16 Å². The van der Waals surface area contributed by atoms with Gasteiger partial charge in [-0.1, -0.05) is 0 Å². The van der Waals surface area contributed by atoms with Crippen molar-refractivity contribution in [2.75, 3.05) is 13.1 Å². The van der Waals surface area contributed by atoms with E-state index in [2.05, 4.69) is 5.32 Å². The smallest absolute Gasteiger partial charge is 0.450 e. The molecule has 16 heavy (non-hydrogen) atoms. The average molecular weight is 225 g/mol. The van der Waals surface area contributed by atoms with Crippen molar-refractivity contribution in [2.24, 2.45) is 17.3 Å². The molecule has 90 valence electrons. The number of ether oxygens (including phenoxy) is 1. The molecule has 0 radical (unpaired) electrons. The summed E-state index contributed by atoms with van der Waals surface area (Å²) in [5.74, 6) is 1.15. The molecule has 4 aliphatic rings. The van der Waals surface area contributed by atoms with E-state index >= 15 is 0 Å². The molecule has 4 heteroatoms. The zero-order chi connectivity index (χ0) is 11.2. The fourth-order valence-corrected chi connectivity index (χ4v) is 4.23. The summed E-state index contributed by atoms with van der Waals surface area (Å²) in [5.41, 5.74) is 0.473. The van der Waals surface area contributed by atoms with Gasteiger partial charge in [0.1, 0.15) is 6.10 Å². The first-order valence-corrected chi connectivity index (χ1v) is 6.30. The fourth-order valence-electron chi connectivity index (χ4n) is 4.23. The molecule has 4 rings (SSSR count). The Morgan fingerprint density at radius 1 is 1.44 bits per heavy atom. The van der Waals surface area contributed by atoms with Gasteiger partial charge >= 0.3 is 6.16 Å². The summed E-state index contributed by atoms with van der Waals surface area (Å²) in [7, 11) is 0. The first kappa shape index (κ1) is 10.4. The molecule has 1 aliphatic heterocycles. The summed E-state index contributed by atoms with van der Waals surface area (Å²) in [6.45, 7) is 2.27. The molecular weight excluding hydrogens is 206 g/mol. The van der Waals surface area contributed by atoms with Crippen molar-refractivity contribution in [3.63, 3.8) is 0 Å². The fraction of sp³-hybridized carbons (Fsp3) is 0.917. The third-order valence-electron chi connectivity index (χ3n) is 4.99. The van der Waals surface area contributed by atoms with Crippen LogP contribution in [-0.4, -0.2) is 30.5 Å². The summed E-state index contributed by atoms with van der Waals surface area (Å²) in [6, 6.07) is 0. The van der Waals surface area contributed by atoms with Gasteiger partial charge in [-0.2, -0.15) is 0 Å². The molecule has 0 aromatic heterocycles. The van der Waals surface area contributed by atoms with E-state index in [9.17, 15) is 4.79 Å². The maximum Gasteiger partial charge on any atom is 0.506 e. The molecule has 0 aromatic rings. The Bertz CT molecular complexity index is 299. The van der Waals surface area contributed by atoms with Gasteiger partial charge in [0.2, 0.25) is 0 Å². The Morgan fingerprint density at radius 3 is 2.88 bits per heavy atom. The van der Waals surface area contributed by atoms with Crippen LogP contribution in [0.3, 0.4) is 0 Å². The highest BCUT2D eigenvalue weighted by atomic mass is 16.7. The van der Waals surface area contributed by atoms with Crippen LogP contribution in [0.2, 0.25) is 0 Å². The number of nitrogens with one attached hydrogen (secondary N) is 1. The highest BCUT2D eigenvalue weighted by Crippen LogP contribution is 2.55. The topological polar surface area (TPSA) is 58.6 Å². The van der Waals surface area contributed by atoms with E-state index in [0.29, 0.717) is 17.3 Å². The van der Waals surface area contributed by atoms with Crippen LogP contribution in [0.25, 0.3) is 0 Å². The molecule has 4 nitrogen and oxygen atoms in total. The number of hydrogen-bond donors (Lipinski definition) is 2. The van der Waals surface area contributed by atoms with Crippen LogP contribution in [0.5, 0.6) is 0 Å². The molecule has 4 unspecified atom stereocenters. The lowest BCUT2D eigenvalue weighted by Gasteiger charge is -2.52. The van der Waals surface area contributed by atoms with Gasteiger partial charge in [-0.25, -0.2) is 4.79 Å². The molecular formula is C12H19NO3. The van der Waals surface area contributed by atoms with Gasteiger partial charge in [-0.15, -0.1) is 0 Å². The lowest BCUT2D eigenvalue weighted by atomic mass is 9.54. The molecule has 3 aliphatic carbocycles. The molecule has 1 spiro atoms. The summed E-state index contributed by atoms with van der Waals surface area (Å²) in [5, 5.41) is 12.2. The van der Waals surface area contributed by atoms with Crippen LogP contribution < -0.4 is 5.32 Å². The van der Waals surface area contributed by atoms with Crippen molar-refractivity contribution in [1.82, 2.24) is 5.32 Å². The normalized spacial score (nSPS) is 46.1. The Morgan fingerprint density at radius 2 is 2.31 bits per heavy atom. The highest BCUT2D eigenvalue weighted by Gasteiger charge is 2.53. The van der Waals surface area contributed by atoms with Crippen LogP contribution in [0.1, 0.15) is 32.1 Å². The second kappa shape index (κ2) is 3.62. The summed E-state index contributed by atoms with van der Waals surface area (Å²) in [4.78, 5) is 10.6. The van der Waals surface area contributed by atoms with E-state index in [-0.39, 0.29) is 6.10 Å². The standard InChI is InChI=1S/C12H19NO3/c14-11(15)16-10-5-9-2-1-8(10)6-12(9)3-4-13-7-12/h8-10,13H,1-7H2,(H,14,15). The van der Waals surface area contributed by atoms with Gasteiger partial charge in [0.25, 0.3) is 0 Å². The zero-order valence-corrected chi connectivity index (χ0v) is 9.45. The maximum absolute atomic E-state index is 10.6. The minimum atomic E-state index is -1.10. The second-order valence-electron chi connectivity index (χ2n) is 5.69. The molecule has 3 saturated carbocycles. The Labute approximate surface area is 95.4 Å². The molecule has 2 bridgehead atoms. The highest BCUT2D eigenvalue weighted by molar-refractivity contribution is 5.57. The molecule has 4 atom stereocenters. The van der Waals surface area contributed by atoms with E-state index in [0.717, 1.165) is 25.9 Å². The average Bonchev–Trinajstić information content (AvgIpc) is 2.68. The van der Waals surface area contributed by atoms with Gasteiger partial charge in [0.05, 0.1) is 0 Å². The van der Waals surface area contributed by atoms with Crippen LogP contribution in [0, 0.1) is 17.3 Å². The van der Waals surface area contributed by atoms with Crippen LogP contribution >= 0.6 is 0 Å². The summed E-state index contributed by atoms with van der Waals surface area (Å²) >= 11 is 0. The van der Waals surface area contributed by atoms with E-state index in [1.165, 1.54) is 19.3 Å². The first-order valence-electron chi connectivity index (χ1n) is 6.30. The molecule has 1 heterocycles. The predicted molar refractivity (Wildman–Crippen MR) is 58.3 cm³/mol. The molecule has 0 amide bonds. The summed E-state index contributed by atoms with van der Waals surface area (Å²) < 4.78 is 5.02. The van der Waals surface area contributed by atoms with Gasteiger partial charge in [-0.05, 0) is 55.9 Å². The number of rotatable bonds is 1. The molecule has 0 aromatic carbocycles. The monoisotopic (exact) mass is 225 g/mol. The van der Waals surface area contributed by atoms with Gasteiger partial charge < -0.3 is 15.2 Å². The van der Waals surface area contributed by atoms with E-state index in [1.807, 2.05) is 0 Å². The van der Waals surface area contributed by atoms with Crippen molar-refractivity contribution < 1.29 is 14.6 Å². The quantitative estimate of drug-likeness (QED) is 0.669. The lowest BCUT2D eigenvalue weighted by Crippen LogP contribution is -2.50. The molecule has 1 saturated heterocycles. The van der Waals surface area contributed by atoms with Crippen molar-refractivity contribution in [2.45, 2.75) is 38.2 Å². The van der Waals surface area contributed by atoms with Crippen LogP contribution in [0.4, 0.5) is 4.79 Å². The van der Waals surface area contributed by atoms with Crippen molar-refractivity contribution in [3.05, 3.63) is 0 Å². The summed E-state index contributed by atoms with van der Waals surface area (Å²) in [6.07, 6.45) is 4.70. The third-order valence-corrected chi connectivity index (χ3v) is 4.99. The Balaban J connectivity index is 1.73. The van der Waals surface area contributed by atoms with Crippen LogP contribution in [-0.2, 0) is 4.74 Å². The number of carbonyl (C=O) groups is 1. The zero-order valence-electron chi connectivity index (χ0n) is 9.45. The third kappa shape index (κ3) is 1.51. The van der Waals surface area contributed by atoms with Crippen molar-refractivity contribution in [3.8, 4) is 0 Å². The minimum Gasteiger partial charge on any atom is -0.450 e. The minimum absolute atomic E-state index is 0.0255.